The molecular weight excluding hydrogens is 258 g/mol. The molecule has 0 fully saturated rings. The predicted molar refractivity (Wildman–Crippen MR) is 60.7 cm³/mol. The van der Waals surface area contributed by atoms with Gasteiger partial charge in [-0.25, -0.2) is 0 Å². The van der Waals surface area contributed by atoms with Crippen LogP contribution in [-0.2, 0) is 4.79 Å². The zero-order valence-corrected chi connectivity index (χ0v) is 10.2. The quantitative estimate of drug-likeness (QED) is 0.624. The molecule has 0 radical (unpaired) electrons. The van der Waals surface area contributed by atoms with Gasteiger partial charge < -0.3 is 0 Å². The lowest BCUT2D eigenvalue weighted by Crippen LogP contribution is -2.14. The first kappa shape index (κ1) is 12.0. The van der Waals surface area contributed by atoms with Crippen LogP contribution in [0.3, 0.4) is 0 Å². The zero-order valence-electron chi connectivity index (χ0n) is 8.66. The molecule has 0 aliphatic heterocycles. The van der Waals surface area contributed by atoms with Crippen LogP contribution in [-0.4, -0.2) is 16.6 Å². The van der Waals surface area contributed by atoms with Crippen molar-refractivity contribution < 1.29 is 9.59 Å². The Balaban J connectivity index is 2.69. The van der Waals surface area contributed by atoms with Gasteiger partial charge in [0.25, 0.3) is 0 Å². The Morgan fingerprint density at radius 1 is 1.40 bits per heavy atom. The Morgan fingerprint density at radius 3 is 2.53 bits per heavy atom. The van der Waals surface area contributed by atoms with E-state index in [0.29, 0.717) is 5.69 Å². The van der Waals surface area contributed by atoms with Crippen LogP contribution in [0, 0.1) is 5.92 Å². The fourth-order valence-electron chi connectivity index (χ4n) is 0.994. The second-order valence-corrected chi connectivity index (χ2v) is 4.50. The van der Waals surface area contributed by atoms with Crippen molar-refractivity contribution in [2.24, 2.45) is 5.92 Å². The summed E-state index contributed by atoms with van der Waals surface area (Å²) in [5.41, 5.74) is 0.340. The topological polar surface area (TPSA) is 47.0 Å². The highest BCUT2D eigenvalue weighted by Crippen LogP contribution is 2.10. The standard InChI is InChI=1S/C11H12BrNO2/c1-7(2)10(14)5-11(15)9-4-3-8(12)6-13-9/h3-4,6-7H,5H2,1-2H3. The summed E-state index contributed by atoms with van der Waals surface area (Å²) >= 11 is 3.23. The molecule has 0 atom stereocenters. The fraction of sp³-hybridized carbons (Fsp3) is 0.364. The van der Waals surface area contributed by atoms with Crippen LogP contribution in [0.5, 0.6) is 0 Å². The van der Waals surface area contributed by atoms with Gasteiger partial charge in [0, 0.05) is 16.6 Å². The third-order valence-corrected chi connectivity index (χ3v) is 2.46. The maximum atomic E-state index is 11.6. The van der Waals surface area contributed by atoms with E-state index in [0.717, 1.165) is 4.47 Å². The molecule has 0 amide bonds. The summed E-state index contributed by atoms with van der Waals surface area (Å²) in [5, 5.41) is 0. The van der Waals surface area contributed by atoms with Crippen LogP contribution in [0.4, 0.5) is 0 Å². The van der Waals surface area contributed by atoms with Gasteiger partial charge >= 0.3 is 0 Å². The fourth-order valence-corrected chi connectivity index (χ4v) is 1.23. The van der Waals surface area contributed by atoms with Crippen LogP contribution in [0.15, 0.2) is 22.8 Å². The van der Waals surface area contributed by atoms with E-state index in [4.69, 9.17) is 0 Å². The molecule has 0 saturated carbocycles. The highest BCUT2D eigenvalue weighted by Gasteiger charge is 2.15. The molecule has 0 aromatic carbocycles. The van der Waals surface area contributed by atoms with Gasteiger partial charge in [-0.15, -0.1) is 0 Å². The van der Waals surface area contributed by atoms with Crippen molar-refractivity contribution >= 4 is 27.5 Å². The molecule has 3 nitrogen and oxygen atoms in total. The average molecular weight is 270 g/mol. The minimum atomic E-state index is -0.221. The second-order valence-electron chi connectivity index (χ2n) is 3.58. The molecule has 0 unspecified atom stereocenters. The molecule has 4 heteroatoms. The molecule has 1 heterocycles. The molecule has 0 saturated heterocycles. The SMILES string of the molecule is CC(C)C(=O)CC(=O)c1ccc(Br)cn1. The van der Waals surface area contributed by atoms with E-state index >= 15 is 0 Å². The second kappa shape index (κ2) is 5.16. The monoisotopic (exact) mass is 269 g/mol. The number of halogens is 1. The summed E-state index contributed by atoms with van der Waals surface area (Å²) in [4.78, 5) is 26.8. The van der Waals surface area contributed by atoms with Gasteiger partial charge in [0.15, 0.2) is 5.78 Å². The van der Waals surface area contributed by atoms with E-state index in [1.807, 2.05) is 0 Å². The predicted octanol–water partition coefficient (Wildman–Crippen LogP) is 2.64. The summed E-state index contributed by atoms with van der Waals surface area (Å²) in [6, 6.07) is 3.35. The van der Waals surface area contributed by atoms with Crippen LogP contribution >= 0.6 is 15.9 Å². The normalized spacial score (nSPS) is 10.4. The van der Waals surface area contributed by atoms with Crippen molar-refractivity contribution in [3.63, 3.8) is 0 Å². The minimum Gasteiger partial charge on any atom is -0.299 e. The van der Waals surface area contributed by atoms with E-state index in [9.17, 15) is 9.59 Å². The minimum absolute atomic E-state index is 0.0512. The van der Waals surface area contributed by atoms with Gasteiger partial charge in [-0.1, -0.05) is 13.8 Å². The highest BCUT2D eigenvalue weighted by molar-refractivity contribution is 9.10. The number of rotatable bonds is 4. The first-order chi connectivity index (χ1) is 7.00. The van der Waals surface area contributed by atoms with Gasteiger partial charge in [0.05, 0.1) is 6.42 Å². The maximum Gasteiger partial charge on any atom is 0.188 e. The lowest BCUT2D eigenvalue weighted by atomic mass is 10.0. The number of hydrogen-bond donors (Lipinski definition) is 0. The van der Waals surface area contributed by atoms with Crippen LogP contribution in [0.1, 0.15) is 30.8 Å². The van der Waals surface area contributed by atoms with Gasteiger partial charge in [0.2, 0.25) is 0 Å². The maximum absolute atomic E-state index is 11.6. The molecule has 0 N–H and O–H groups in total. The van der Waals surface area contributed by atoms with Crippen LogP contribution < -0.4 is 0 Å². The molecule has 0 spiro atoms. The molecule has 80 valence electrons. The Bertz CT molecular complexity index is 371. The summed E-state index contributed by atoms with van der Waals surface area (Å²) < 4.78 is 0.814. The Kier molecular flexibility index (Phi) is 4.15. The molecule has 0 aliphatic carbocycles. The number of Topliss-reactive ketones (excluding diaryl/α,β-unsaturated/α-hetero) is 2. The van der Waals surface area contributed by atoms with Gasteiger partial charge in [-0.2, -0.15) is 0 Å². The van der Waals surface area contributed by atoms with E-state index in [-0.39, 0.29) is 23.9 Å². The summed E-state index contributed by atoms with van der Waals surface area (Å²) in [6.07, 6.45) is 1.49. The number of aromatic nitrogens is 1. The first-order valence-electron chi connectivity index (χ1n) is 4.68. The molecule has 1 aromatic rings. The molecule has 15 heavy (non-hydrogen) atoms. The average Bonchev–Trinajstić information content (AvgIpc) is 2.18. The third kappa shape index (κ3) is 3.55. The lowest BCUT2D eigenvalue weighted by molar-refractivity contribution is -0.121. The third-order valence-electron chi connectivity index (χ3n) is 1.99. The van der Waals surface area contributed by atoms with Crippen LogP contribution in [0.25, 0.3) is 0 Å². The summed E-state index contributed by atoms with van der Waals surface area (Å²) in [5.74, 6) is -0.379. The number of hydrogen-bond acceptors (Lipinski definition) is 3. The van der Waals surface area contributed by atoms with E-state index < -0.39 is 0 Å². The van der Waals surface area contributed by atoms with Gasteiger partial charge in [-0.05, 0) is 28.1 Å². The number of carbonyl (C=O) groups excluding carboxylic acids is 2. The smallest absolute Gasteiger partial charge is 0.188 e. The first-order valence-corrected chi connectivity index (χ1v) is 5.47. The van der Waals surface area contributed by atoms with Crippen molar-refractivity contribution in [2.75, 3.05) is 0 Å². The number of ketones is 2. The van der Waals surface area contributed by atoms with Crippen molar-refractivity contribution in [3.05, 3.63) is 28.5 Å². The Labute approximate surface area is 97.0 Å². The van der Waals surface area contributed by atoms with E-state index in [1.165, 1.54) is 0 Å². The van der Waals surface area contributed by atoms with Crippen LogP contribution in [0.2, 0.25) is 0 Å². The van der Waals surface area contributed by atoms with Crippen molar-refractivity contribution in [2.45, 2.75) is 20.3 Å². The van der Waals surface area contributed by atoms with Gasteiger partial charge in [-0.3, -0.25) is 14.6 Å². The van der Waals surface area contributed by atoms with E-state index in [1.54, 1.807) is 32.2 Å². The van der Waals surface area contributed by atoms with E-state index in [2.05, 4.69) is 20.9 Å². The highest BCUT2D eigenvalue weighted by atomic mass is 79.9. The van der Waals surface area contributed by atoms with Crippen molar-refractivity contribution in [1.29, 1.82) is 0 Å². The van der Waals surface area contributed by atoms with Crippen molar-refractivity contribution in [3.8, 4) is 0 Å². The summed E-state index contributed by atoms with van der Waals surface area (Å²) in [7, 11) is 0. The number of carbonyl (C=O) groups is 2. The number of nitrogens with zero attached hydrogens (tertiary/aromatic N) is 1. The molecule has 1 rings (SSSR count). The largest absolute Gasteiger partial charge is 0.299 e. The number of pyridine rings is 1. The molecule has 1 aromatic heterocycles. The Hall–Kier alpha value is -1.03. The lowest BCUT2D eigenvalue weighted by Gasteiger charge is -2.02. The van der Waals surface area contributed by atoms with Crippen molar-refractivity contribution in [1.82, 2.24) is 4.98 Å². The molecule has 0 bridgehead atoms. The molecular formula is C11H12BrNO2. The van der Waals surface area contributed by atoms with Gasteiger partial charge in [0.1, 0.15) is 11.5 Å². The summed E-state index contributed by atoms with van der Waals surface area (Å²) in [6.45, 7) is 3.56. The zero-order chi connectivity index (χ0) is 11.4. The Morgan fingerprint density at radius 2 is 2.07 bits per heavy atom. The molecule has 0 aliphatic rings.